The van der Waals surface area contributed by atoms with Crippen molar-refractivity contribution in [3.05, 3.63) is 284 Å². The van der Waals surface area contributed by atoms with Crippen molar-refractivity contribution < 1.29 is 9.90 Å². The van der Waals surface area contributed by atoms with Crippen molar-refractivity contribution in [2.45, 2.75) is 19.8 Å². The number of carbonyl (C=O) groups is 1. The Morgan fingerprint density at radius 3 is 1.38 bits per heavy atom. The lowest BCUT2D eigenvalue weighted by atomic mass is 9.85. The van der Waals surface area contributed by atoms with Crippen LogP contribution in [0.3, 0.4) is 0 Å². The van der Waals surface area contributed by atoms with Gasteiger partial charge in [-0.1, -0.05) is 218 Å². The highest BCUT2D eigenvalue weighted by molar-refractivity contribution is 5.97. The molecule has 74 heavy (non-hydrogen) atoms. The third-order valence-electron chi connectivity index (χ3n) is 13.8. The van der Waals surface area contributed by atoms with Crippen LogP contribution < -0.4 is 0 Å². The number of ketones is 1. The Labute approximate surface area is 433 Å². The lowest BCUT2D eigenvalue weighted by Crippen LogP contribution is -2.00. The molecule has 0 atom stereocenters. The molecular formula is C70H52N2O2. The van der Waals surface area contributed by atoms with Gasteiger partial charge in [0.15, 0.2) is 5.78 Å². The first-order valence-corrected chi connectivity index (χ1v) is 25.1. The van der Waals surface area contributed by atoms with Crippen LogP contribution in [0.5, 0.6) is 0 Å². The van der Waals surface area contributed by atoms with Crippen LogP contribution >= 0.6 is 0 Å². The molecule has 0 aliphatic rings. The molecule has 2 aromatic heterocycles. The molecule has 0 unspecified atom stereocenters. The van der Waals surface area contributed by atoms with Crippen LogP contribution in [-0.4, -0.2) is 20.9 Å². The normalized spacial score (nSPS) is 11.3. The van der Waals surface area contributed by atoms with Gasteiger partial charge >= 0.3 is 0 Å². The molecule has 4 heteroatoms. The molecule has 1 N–H and O–H groups in total. The quantitative estimate of drug-likeness (QED) is 0.0871. The summed E-state index contributed by atoms with van der Waals surface area (Å²) in [6.07, 6.45) is 6.09. The number of allylic oxidation sites excluding steroid dienone is 1. The summed E-state index contributed by atoms with van der Waals surface area (Å²) in [6, 6.07) is 86.1. The Bertz CT molecular complexity index is 3790. The van der Waals surface area contributed by atoms with E-state index in [1.54, 1.807) is 12.1 Å². The van der Waals surface area contributed by atoms with E-state index in [1.165, 1.54) is 11.6 Å². The number of pyridine rings is 2. The maximum atomic E-state index is 13.4. The average Bonchev–Trinajstić information content (AvgIpc) is 3.47. The van der Waals surface area contributed by atoms with Crippen LogP contribution in [-0.2, 0) is 11.2 Å². The Morgan fingerprint density at radius 1 is 0.378 bits per heavy atom. The van der Waals surface area contributed by atoms with E-state index < -0.39 is 0 Å². The Kier molecular flexibility index (Phi) is 13.6. The van der Waals surface area contributed by atoms with Gasteiger partial charge in [0.1, 0.15) is 5.76 Å². The molecule has 0 amide bonds. The molecule has 2 heterocycles. The van der Waals surface area contributed by atoms with Crippen LogP contribution in [0.4, 0.5) is 0 Å². The molecule has 0 spiro atoms. The molecule has 11 aromatic rings. The fraction of sp³-hybridized carbons (Fsp3) is 0.0429. The molecule has 0 saturated heterocycles. The number of aliphatic hydroxyl groups is 1. The molecule has 0 aliphatic carbocycles. The second kappa shape index (κ2) is 21.5. The molecule has 4 nitrogen and oxygen atoms in total. The lowest BCUT2D eigenvalue weighted by molar-refractivity contribution is -0.114. The first-order chi connectivity index (χ1) is 36.4. The number of carbonyl (C=O) groups excluding carboxylic acids is 1. The number of aryl methyl sites for hydroxylation is 2. The smallest absolute Gasteiger partial charge is 0.159 e. The van der Waals surface area contributed by atoms with Crippen molar-refractivity contribution in [3.63, 3.8) is 0 Å². The second-order valence-electron chi connectivity index (χ2n) is 18.6. The van der Waals surface area contributed by atoms with Gasteiger partial charge in [-0.3, -0.25) is 14.8 Å². The topological polar surface area (TPSA) is 63.1 Å². The van der Waals surface area contributed by atoms with Gasteiger partial charge in [-0.2, -0.15) is 0 Å². The van der Waals surface area contributed by atoms with Crippen LogP contribution in [0.2, 0.25) is 0 Å². The van der Waals surface area contributed by atoms with Crippen molar-refractivity contribution in [2.24, 2.45) is 0 Å². The summed E-state index contributed by atoms with van der Waals surface area (Å²) in [6.45, 7) is 2.15. The first kappa shape index (κ1) is 46.8. The molecule has 0 aliphatic heterocycles. The van der Waals surface area contributed by atoms with E-state index in [0.29, 0.717) is 12.0 Å². The number of hydrogen-bond donors (Lipinski definition) is 1. The third kappa shape index (κ3) is 10.2. The molecular weight excluding hydrogens is 901 g/mol. The van der Waals surface area contributed by atoms with Crippen molar-refractivity contribution in [3.8, 4) is 100 Å². The lowest BCUT2D eigenvalue weighted by Gasteiger charge is -2.19. The second-order valence-corrected chi connectivity index (χ2v) is 18.6. The zero-order chi connectivity index (χ0) is 50.2. The number of aromatic nitrogens is 2. The average molecular weight is 953 g/mol. The molecule has 0 bridgehead atoms. The van der Waals surface area contributed by atoms with E-state index in [4.69, 9.17) is 9.97 Å². The monoisotopic (exact) mass is 952 g/mol. The summed E-state index contributed by atoms with van der Waals surface area (Å²) in [5.41, 5.74) is 21.9. The Balaban J connectivity index is 1.02. The van der Waals surface area contributed by atoms with E-state index in [1.807, 2.05) is 48.8 Å². The predicted octanol–water partition coefficient (Wildman–Crippen LogP) is 17.9. The van der Waals surface area contributed by atoms with E-state index in [9.17, 15) is 9.90 Å². The third-order valence-corrected chi connectivity index (χ3v) is 13.8. The SMILES string of the molecule is Cc1cc(-c2ccc(-c3ccccc3-c3cc(-c4ccccc4CCC(=O)/C=C(\O)c4ccccc4)cc(-c4ccccc4-c4cnc(-c5ccccc5)cc4-c4ccccc4)c3)cc2)ncc1-c1ccccc1. The van der Waals surface area contributed by atoms with E-state index in [-0.39, 0.29) is 18.0 Å². The zero-order valence-electron chi connectivity index (χ0n) is 41.1. The number of benzene rings is 9. The zero-order valence-corrected chi connectivity index (χ0v) is 41.1. The highest BCUT2D eigenvalue weighted by atomic mass is 16.3. The summed E-state index contributed by atoms with van der Waals surface area (Å²) in [4.78, 5) is 23.5. The molecule has 0 radical (unpaired) electrons. The van der Waals surface area contributed by atoms with Crippen molar-refractivity contribution in [2.75, 3.05) is 0 Å². The summed E-state index contributed by atoms with van der Waals surface area (Å²) >= 11 is 0. The highest BCUT2D eigenvalue weighted by Gasteiger charge is 2.19. The molecule has 0 fully saturated rings. The van der Waals surface area contributed by atoms with Crippen molar-refractivity contribution in [1.82, 2.24) is 9.97 Å². The number of aliphatic hydroxyl groups excluding tert-OH is 1. The van der Waals surface area contributed by atoms with E-state index in [2.05, 4.69) is 207 Å². The van der Waals surface area contributed by atoms with Crippen molar-refractivity contribution in [1.29, 1.82) is 0 Å². The Morgan fingerprint density at radius 2 is 0.784 bits per heavy atom. The van der Waals surface area contributed by atoms with Crippen molar-refractivity contribution >= 4 is 11.5 Å². The molecule has 354 valence electrons. The fourth-order valence-corrected chi connectivity index (χ4v) is 9.99. The first-order valence-electron chi connectivity index (χ1n) is 25.1. The van der Waals surface area contributed by atoms with E-state index in [0.717, 1.165) is 106 Å². The van der Waals surface area contributed by atoms with Gasteiger partial charge in [0.25, 0.3) is 0 Å². The summed E-state index contributed by atoms with van der Waals surface area (Å²) in [7, 11) is 0. The van der Waals surface area contributed by atoms with E-state index >= 15 is 0 Å². The summed E-state index contributed by atoms with van der Waals surface area (Å²) in [5, 5.41) is 10.8. The molecule has 11 rings (SSSR count). The highest BCUT2D eigenvalue weighted by Crippen LogP contribution is 2.44. The maximum Gasteiger partial charge on any atom is 0.159 e. The number of rotatable bonds is 14. The van der Waals surface area contributed by atoms with Gasteiger partial charge < -0.3 is 5.11 Å². The van der Waals surface area contributed by atoms with Crippen LogP contribution in [0.25, 0.3) is 106 Å². The van der Waals surface area contributed by atoms with Crippen LogP contribution in [0.1, 0.15) is 23.1 Å². The molecule has 0 saturated carbocycles. The van der Waals surface area contributed by atoms with Gasteiger partial charge in [0.05, 0.1) is 11.4 Å². The number of nitrogens with zero attached hydrogens (tertiary/aromatic N) is 2. The molecule has 9 aromatic carbocycles. The summed E-state index contributed by atoms with van der Waals surface area (Å²) < 4.78 is 0. The van der Waals surface area contributed by atoms with Gasteiger partial charge in [-0.15, -0.1) is 0 Å². The van der Waals surface area contributed by atoms with Crippen LogP contribution in [0.15, 0.2) is 267 Å². The minimum atomic E-state index is -0.138. The largest absolute Gasteiger partial charge is 0.507 e. The summed E-state index contributed by atoms with van der Waals surface area (Å²) in [5.74, 6) is -0.168. The Hall–Kier alpha value is -9.51. The van der Waals surface area contributed by atoms with Gasteiger partial charge in [0.2, 0.25) is 0 Å². The minimum absolute atomic E-state index is 0.0298. The van der Waals surface area contributed by atoms with Gasteiger partial charge in [0, 0.05) is 52.7 Å². The van der Waals surface area contributed by atoms with Crippen LogP contribution in [0, 0.1) is 6.92 Å². The van der Waals surface area contributed by atoms with Gasteiger partial charge in [-0.25, -0.2) is 0 Å². The fourth-order valence-electron chi connectivity index (χ4n) is 9.99. The maximum absolute atomic E-state index is 13.4. The number of hydrogen-bond acceptors (Lipinski definition) is 4. The predicted molar refractivity (Wildman–Crippen MR) is 306 cm³/mol. The standard InChI is InChI=1S/C70H52N2O2/c1-48-40-68(71-46-66(48)50-22-8-3-9-23-50)54-36-34-52(35-37-54)61-30-16-17-31-62(61)57-41-56(60-29-15-14-24-51(60)38-39-59(73)44-70(74)55-27-12-5-13-28-55)42-58(43-57)63-32-18-19-33-64(63)67-47-72-69(53-25-10-4-11-26-53)45-65(67)49-20-6-2-7-21-49/h2-37,40-47,74H,38-39H2,1H3/b70-44-. The van der Waals surface area contributed by atoms with Gasteiger partial charge in [-0.05, 0) is 122 Å². The minimum Gasteiger partial charge on any atom is -0.507 e.